The summed E-state index contributed by atoms with van der Waals surface area (Å²) in [5.41, 5.74) is 1.91. The van der Waals surface area contributed by atoms with Crippen LogP contribution >= 0.6 is 31.9 Å². The van der Waals surface area contributed by atoms with Gasteiger partial charge in [-0.15, -0.1) is 0 Å². The zero-order valence-electron chi connectivity index (χ0n) is 10.7. The van der Waals surface area contributed by atoms with Gasteiger partial charge in [0.25, 0.3) is 0 Å². The third kappa shape index (κ3) is 3.91. The Hall–Kier alpha value is -0.690. The maximum Gasteiger partial charge on any atom is 0.241 e. The predicted molar refractivity (Wildman–Crippen MR) is 87.0 cm³/mol. The molecule has 0 radical (unpaired) electrons. The standard InChI is InChI=1S/C14H13Br2NO2S/c1-10-2-7-14(13(16)8-10)20(18,19)17-9-11-3-5-12(15)6-4-11/h2-8,17H,9H2,1H3. The monoisotopic (exact) mass is 417 g/mol. The van der Waals surface area contributed by atoms with Crippen LogP contribution in [-0.2, 0) is 16.6 Å². The van der Waals surface area contributed by atoms with E-state index in [-0.39, 0.29) is 11.4 Å². The van der Waals surface area contributed by atoms with Gasteiger partial charge in [0.1, 0.15) is 0 Å². The zero-order chi connectivity index (χ0) is 14.8. The smallest absolute Gasteiger partial charge is 0.207 e. The van der Waals surface area contributed by atoms with E-state index in [0.29, 0.717) is 4.47 Å². The molecule has 0 fully saturated rings. The quantitative estimate of drug-likeness (QED) is 0.815. The molecule has 20 heavy (non-hydrogen) atoms. The van der Waals surface area contributed by atoms with Crippen LogP contribution in [0.3, 0.4) is 0 Å². The minimum absolute atomic E-state index is 0.250. The predicted octanol–water partition coefficient (Wildman–Crippen LogP) is 4.00. The molecule has 0 saturated heterocycles. The molecule has 0 aliphatic carbocycles. The Morgan fingerprint density at radius 1 is 1.05 bits per heavy atom. The van der Waals surface area contributed by atoms with Crippen LogP contribution in [0.1, 0.15) is 11.1 Å². The summed E-state index contributed by atoms with van der Waals surface area (Å²) in [6, 6.07) is 12.7. The number of rotatable bonds is 4. The molecule has 1 N–H and O–H groups in total. The number of sulfonamides is 1. The molecule has 0 heterocycles. The van der Waals surface area contributed by atoms with Gasteiger partial charge in [-0.05, 0) is 58.2 Å². The van der Waals surface area contributed by atoms with Crippen LogP contribution in [0.25, 0.3) is 0 Å². The van der Waals surface area contributed by atoms with Gasteiger partial charge < -0.3 is 0 Å². The second-order valence-corrected chi connectivity index (χ2v) is 7.89. The van der Waals surface area contributed by atoms with E-state index in [1.807, 2.05) is 31.2 Å². The molecule has 2 rings (SSSR count). The van der Waals surface area contributed by atoms with E-state index in [0.717, 1.165) is 15.6 Å². The lowest BCUT2D eigenvalue weighted by atomic mass is 10.2. The van der Waals surface area contributed by atoms with Crippen LogP contribution in [0.2, 0.25) is 0 Å². The molecule has 0 bridgehead atoms. The van der Waals surface area contributed by atoms with Crippen molar-refractivity contribution in [2.45, 2.75) is 18.4 Å². The van der Waals surface area contributed by atoms with Crippen molar-refractivity contribution in [2.75, 3.05) is 0 Å². The fraction of sp³-hybridized carbons (Fsp3) is 0.143. The molecular weight excluding hydrogens is 406 g/mol. The maximum atomic E-state index is 12.3. The van der Waals surface area contributed by atoms with Crippen LogP contribution in [0.4, 0.5) is 0 Å². The Balaban J connectivity index is 2.17. The van der Waals surface area contributed by atoms with Gasteiger partial charge >= 0.3 is 0 Å². The van der Waals surface area contributed by atoms with E-state index in [1.165, 1.54) is 0 Å². The number of halogens is 2. The molecule has 2 aromatic carbocycles. The minimum atomic E-state index is -3.52. The third-order valence-electron chi connectivity index (χ3n) is 2.76. The fourth-order valence-corrected chi connectivity index (χ4v) is 4.15. The summed E-state index contributed by atoms with van der Waals surface area (Å²) in [6.45, 7) is 2.17. The molecule has 0 atom stereocenters. The molecule has 0 saturated carbocycles. The molecular formula is C14H13Br2NO2S. The summed E-state index contributed by atoms with van der Waals surface area (Å²) in [5, 5.41) is 0. The molecule has 0 unspecified atom stereocenters. The molecule has 3 nitrogen and oxygen atoms in total. The second kappa shape index (κ2) is 6.39. The second-order valence-electron chi connectivity index (χ2n) is 4.38. The number of nitrogens with one attached hydrogen (secondary N) is 1. The first kappa shape index (κ1) is 15.7. The van der Waals surface area contributed by atoms with Crippen LogP contribution in [-0.4, -0.2) is 8.42 Å². The average molecular weight is 419 g/mol. The van der Waals surface area contributed by atoms with Crippen molar-refractivity contribution >= 4 is 41.9 Å². The average Bonchev–Trinajstić information content (AvgIpc) is 2.37. The van der Waals surface area contributed by atoms with Gasteiger partial charge in [-0.2, -0.15) is 0 Å². The topological polar surface area (TPSA) is 46.2 Å². The Bertz CT molecular complexity index is 712. The molecule has 0 aromatic heterocycles. The van der Waals surface area contributed by atoms with Gasteiger partial charge in [0.15, 0.2) is 0 Å². The van der Waals surface area contributed by atoms with Crippen LogP contribution < -0.4 is 4.72 Å². The summed E-state index contributed by atoms with van der Waals surface area (Å²) in [7, 11) is -3.52. The van der Waals surface area contributed by atoms with Crippen molar-refractivity contribution in [1.29, 1.82) is 0 Å². The van der Waals surface area contributed by atoms with Gasteiger partial charge in [0.2, 0.25) is 10.0 Å². The van der Waals surface area contributed by atoms with E-state index in [9.17, 15) is 8.42 Å². The van der Waals surface area contributed by atoms with Crippen molar-refractivity contribution in [3.8, 4) is 0 Å². The van der Waals surface area contributed by atoms with Crippen molar-refractivity contribution < 1.29 is 8.42 Å². The van der Waals surface area contributed by atoms with E-state index in [2.05, 4.69) is 36.6 Å². The Kier molecular flexibility index (Phi) is 5.01. The van der Waals surface area contributed by atoms with Crippen LogP contribution in [0.5, 0.6) is 0 Å². The molecule has 2 aromatic rings. The highest BCUT2D eigenvalue weighted by Crippen LogP contribution is 2.23. The molecule has 0 aliphatic heterocycles. The largest absolute Gasteiger partial charge is 0.241 e. The molecule has 0 amide bonds. The zero-order valence-corrected chi connectivity index (χ0v) is 14.7. The summed E-state index contributed by atoms with van der Waals surface area (Å²) >= 11 is 6.64. The van der Waals surface area contributed by atoms with Crippen LogP contribution in [0, 0.1) is 6.92 Å². The number of hydrogen-bond donors (Lipinski definition) is 1. The molecule has 0 aliphatic rings. The third-order valence-corrected chi connectivity index (χ3v) is 5.66. The molecule has 0 spiro atoms. The van der Waals surface area contributed by atoms with Gasteiger partial charge in [-0.3, -0.25) is 0 Å². The van der Waals surface area contributed by atoms with Crippen molar-refractivity contribution in [1.82, 2.24) is 4.72 Å². The van der Waals surface area contributed by atoms with Crippen LogP contribution in [0.15, 0.2) is 56.3 Å². The van der Waals surface area contributed by atoms with Gasteiger partial charge in [0.05, 0.1) is 4.90 Å². The lowest BCUT2D eigenvalue weighted by Gasteiger charge is -2.09. The SMILES string of the molecule is Cc1ccc(S(=O)(=O)NCc2ccc(Br)cc2)c(Br)c1. The summed E-state index contributed by atoms with van der Waals surface area (Å²) < 4.78 is 28.6. The van der Waals surface area contributed by atoms with Crippen molar-refractivity contribution in [3.05, 3.63) is 62.5 Å². The highest BCUT2D eigenvalue weighted by atomic mass is 79.9. The van der Waals surface area contributed by atoms with E-state index in [1.54, 1.807) is 18.2 Å². The first-order valence-corrected chi connectivity index (χ1v) is 8.96. The first-order chi connectivity index (χ1) is 9.38. The summed E-state index contributed by atoms with van der Waals surface area (Å²) in [4.78, 5) is 0.250. The van der Waals surface area contributed by atoms with E-state index < -0.39 is 10.0 Å². The highest BCUT2D eigenvalue weighted by molar-refractivity contribution is 9.10. The Labute approximate surface area is 135 Å². The van der Waals surface area contributed by atoms with Gasteiger partial charge in [-0.1, -0.05) is 34.1 Å². The van der Waals surface area contributed by atoms with Crippen molar-refractivity contribution in [3.63, 3.8) is 0 Å². The number of hydrogen-bond acceptors (Lipinski definition) is 2. The lowest BCUT2D eigenvalue weighted by molar-refractivity contribution is 0.581. The summed E-state index contributed by atoms with van der Waals surface area (Å²) in [5.74, 6) is 0. The number of benzene rings is 2. The van der Waals surface area contributed by atoms with E-state index in [4.69, 9.17) is 0 Å². The van der Waals surface area contributed by atoms with Gasteiger partial charge in [-0.25, -0.2) is 13.1 Å². The van der Waals surface area contributed by atoms with Crippen molar-refractivity contribution in [2.24, 2.45) is 0 Å². The van der Waals surface area contributed by atoms with E-state index >= 15 is 0 Å². The minimum Gasteiger partial charge on any atom is -0.207 e. The maximum absolute atomic E-state index is 12.3. The number of aryl methyl sites for hydroxylation is 1. The summed E-state index contributed by atoms with van der Waals surface area (Å²) in [6.07, 6.45) is 0. The van der Waals surface area contributed by atoms with Gasteiger partial charge in [0, 0.05) is 15.5 Å². The Morgan fingerprint density at radius 3 is 2.30 bits per heavy atom. The first-order valence-electron chi connectivity index (χ1n) is 5.89. The lowest BCUT2D eigenvalue weighted by Crippen LogP contribution is -2.23. The molecule has 6 heteroatoms. The Morgan fingerprint density at radius 2 is 1.70 bits per heavy atom. The highest BCUT2D eigenvalue weighted by Gasteiger charge is 2.17. The molecule has 106 valence electrons. The fourth-order valence-electron chi connectivity index (χ4n) is 1.68. The normalized spacial score (nSPS) is 11.6.